The van der Waals surface area contributed by atoms with Crippen LogP contribution in [0.2, 0.25) is 0 Å². The standard InChI is InChI=1S/C8H11F3N2O3S/c9-8(10,11)7(16)13-5(6(14)15)4(17)2-1-3-12/h5H,1-3,12H2,(H,13,16)(H,14,15)/t5-/m0/s1. The lowest BCUT2D eigenvalue weighted by Crippen LogP contribution is -2.50. The summed E-state index contributed by atoms with van der Waals surface area (Å²) >= 11 is 4.64. The maximum Gasteiger partial charge on any atom is 0.471 e. The minimum absolute atomic E-state index is 0.0565. The normalized spacial score (nSPS) is 12.9. The highest BCUT2D eigenvalue weighted by molar-refractivity contribution is 7.80. The number of rotatable bonds is 6. The molecule has 0 radical (unpaired) electrons. The summed E-state index contributed by atoms with van der Waals surface area (Å²) in [5.41, 5.74) is 5.15. The molecule has 0 heterocycles. The second-order valence-corrected chi connectivity index (χ2v) is 3.63. The summed E-state index contributed by atoms with van der Waals surface area (Å²) in [5.74, 6) is -3.97. The van der Waals surface area contributed by atoms with E-state index in [9.17, 15) is 22.8 Å². The molecule has 0 spiro atoms. The van der Waals surface area contributed by atoms with E-state index in [2.05, 4.69) is 12.2 Å². The van der Waals surface area contributed by atoms with Crippen molar-refractivity contribution in [3.8, 4) is 0 Å². The number of hydrogen-bond acceptors (Lipinski definition) is 4. The van der Waals surface area contributed by atoms with Gasteiger partial charge in [-0.3, -0.25) is 4.79 Å². The lowest BCUT2D eigenvalue weighted by molar-refractivity contribution is -0.174. The first-order valence-electron chi connectivity index (χ1n) is 4.53. The van der Waals surface area contributed by atoms with Crippen molar-refractivity contribution in [2.45, 2.75) is 25.1 Å². The Bertz CT molecular complexity index is 320. The summed E-state index contributed by atoms with van der Waals surface area (Å²) < 4.78 is 35.8. The topological polar surface area (TPSA) is 92.4 Å². The Balaban J connectivity index is 4.61. The van der Waals surface area contributed by atoms with Gasteiger partial charge in [0.25, 0.3) is 0 Å². The molecule has 0 aromatic carbocycles. The molecule has 1 amide bonds. The molecule has 1 atom stereocenters. The minimum atomic E-state index is -5.14. The first-order chi connectivity index (χ1) is 7.70. The number of carbonyl (C=O) groups is 2. The van der Waals surface area contributed by atoms with Crippen LogP contribution in [0.25, 0.3) is 0 Å². The van der Waals surface area contributed by atoms with Crippen LogP contribution in [0.4, 0.5) is 13.2 Å². The van der Waals surface area contributed by atoms with Gasteiger partial charge >= 0.3 is 18.1 Å². The molecule has 0 fully saturated rings. The summed E-state index contributed by atoms with van der Waals surface area (Å²) in [6.45, 7) is 0.222. The van der Waals surface area contributed by atoms with Gasteiger partial charge in [-0.2, -0.15) is 13.2 Å². The molecule has 17 heavy (non-hydrogen) atoms. The maximum atomic E-state index is 11.9. The highest BCUT2D eigenvalue weighted by Gasteiger charge is 2.41. The third-order valence-electron chi connectivity index (χ3n) is 1.73. The van der Waals surface area contributed by atoms with Gasteiger partial charge in [0.15, 0.2) is 6.04 Å². The fourth-order valence-corrected chi connectivity index (χ4v) is 1.22. The Hall–Kier alpha value is -1.22. The summed E-state index contributed by atoms with van der Waals surface area (Å²) in [7, 11) is 0. The number of carbonyl (C=O) groups excluding carboxylic acids is 1. The van der Waals surface area contributed by atoms with Crippen LogP contribution in [-0.2, 0) is 9.59 Å². The Kier molecular flexibility index (Phi) is 6.03. The van der Waals surface area contributed by atoms with Crippen LogP contribution in [0.15, 0.2) is 0 Å². The second kappa shape index (κ2) is 6.50. The molecule has 0 saturated carbocycles. The van der Waals surface area contributed by atoms with E-state index in [1.165, 1.54) is 5.32 Å². The highest BCUT2D eigenvalue weighted by Crippen LogP contribution is 2.15. The molecule has 5 nitrogen and oxygen atoms in total. The van der Waals surface area contributed by atoms with Crippen LogP contribution in [0, 0.1) is 0 Å². The zero-order valence-corrected chi connectivity index (χ0v) is 9.40. The average Bonchev–Trinajstić information content (AvgIpc) is 2.20. The fourth-order valence-electron chi connectivity index (χ4n) is 0.914. The SMILES string of the molecule is NCCCC(=S)[C@H](NC(=O)C(F)(F)F)C(=O)O. The van der Waals surface area contributed by atoms with Crippen molar-refractivity contribution in [1.82, 2.24) is 5.32 Å². The van der Waals surface area contributed by atoms with Gasteiger partial charge in [0.2, 0.25) is 0 Å². The molecule has 0 bridgehead atoms. The fraction of sp³-hybridized carbons (Fsp3) is 0.625. The Morgan fingerprint density at radius 3 is 2.29 bits per heavy atom. The van der Waals surface area contributed by atoms with Gasteiger partial charge in [-0.1, -0.05) is 12.2 Å². The number of thiocarbonyl (C=S) groups is 1. The van der Waals surface area contributed by atoms with Crippen LogP contribution in [0.1, 0.15) is 12.8 Å². The van der Waals surface area contributed by atoms with Crippen LogP contribution in [-0.4, -0.2) is 40.6 Å². The van der Waals surface area contributed by atoms with E-state index in [1.54, 1.807) is 0 Å². The summed E-state index contributed by atoms with van der Waals surface area (Å²) in [6, 6.07) is -1.83. The molecule has 0 rings (SSSR count). The molecule has 9 heteroatoms. The largest absolute Gasteiger partial charge is 0.479 e. The van der Waals surface area contributed by atoms with Gasteiger partial charge in [0.1, 0.15) is 0 Å². The summed E-state index contributed by atoms with van der Waals surface area (Å²) in [6.07, 6.45) is -4.75. The van der Waals surface area contributed by atoms with E-state index >= 15 is 0 Å². The number of hydrogen-bond donors (Lipinski definition) is 3. The van der Waals surface area contributed by atoms with E-state index in [4.69, 9.17) is 10.8 Å². The molecule has 0 aliphatic rings. The third kappa shape index (κ3) is 5.59. The number of nitrogens with two attached hydrogens (primary N) is 1. The maximum absolute atomic E-state index is 11.9. The number of halogens is 3. The van der Waals surface area contributed by atoms with E-state index in [1.807, 2.05) is 0 Å². The van der Waals surface area contributed by atoms with E-state index in [0.717, 1.165) is 0 Å². The average molecular weight is 272 g/mol. The van der Waals surface area contributed by atoms with Crippen molar-refractivity contribution in [2.75, 3.05) is 6.54 Å². The van der Waals surface area contributed by atoms with Gasteiger partial charge in [-0.15, -0.1) is 0 Å². The van der Waals surface area contributed by atoms with Gasteiger partial charge in [0.05, 0.1) is 0 Å². The molecule has 0 unspecified atom stereocenters. The zero-order valence-electron chi connectivity index (χ0n) is 8.58. The van der Waals surface area contributed by atoms with Gasteiger partial charge in [0, 0.05) is 4.86 Å². The number of amides is 1. The first-order valence-corrected chi connectivity index (χ1v) is 4.94. The molecule has 4 N–H and O–H groups in total. The molecule has 0 aromatic heterocycles. The van der Waals surface area contributed by atoms with E-state index < -0.39 is 24.1 Å². The predicted molar refractivity (Wildman–Crippen MR) is 56.5 cm³/mol. The molecule has 0 aliphatic heterocycles. The van der Waals surface area contributed by atoms with Gasteiger partial charge < -0.3 is 16.2 Å². The van der Waals surface area contributed by atoms with Crippen LogP contribution >= 0.6 is 12.2 Å². The minimum Gasteiger partial charge on any atom is -0.479 e. The molecular formula is C8H11F3N2O3S. The van der Waals surface area contributed by atoms with Crippen molar-refractivity contribution in [2.24, 2.45) is 5.73 Å². The molecule has 98 valence electrons. The lowest BCUT2D eigenvalue weighted by Gasteiger charge is -2.16. The van der Waals surface area contributed by atoms with E-state index in [-0.39, 0.29) is 17.8 Å². The number of carboxylic acid groups (broad SMARTS) is 1. The quantitative estimate of drug-likeness (QED) is 0.602. The monoisotopic (exact) mass is 272 g/mol. The van der Waals surface area contributed by atoms with Crippen molar-refractivity contribution >= 4 is 29.0 Å². The number of carboxylic acids is 1. The van der Waals surface area contributed by atoms with Crippen molar-refractivity contribution in [3.63, 3.8) is 0 Å². The molecule has 0 saturated heterocycles. The van der Waals surface area contributed by atoms with E-state index in [0.29, 0.717) is 6.42 Å². The number of alkyl halides is 3. The van der Waals surface area contributed by atoms with Crippen molar-refractivity contribution in [1.29, 1.82) is 0 Å². The molecule has 0 aliphatic carbocycles. The van der Waals surface area contributed by atoms with Gasteiger partial charge in [-0.25, -0.2) is 4.79 Å². The Labute approximate surface area is 100 Å². The first kappa shape index (κ1) is 15.8. The lowest BCUT2D eigenvalue weighted by atomic mass is 10.1. The van der Waals surface area contributed by atoms with Crippen molar-refractivity contribution in [3.05, 3.63) is 0 Å². The second-order valence-electron chi connectivity index (χ2n) is 3.10. The number of nitrogens with one attached hydrogen (secondary N) is 1. The smallest absolute Gasteiger partial charge is 0.471 e. The predicted octanol–water partition coefficient (Wildman–Crippen LogP) is 0.227. The summed E-state index contributed by atoms with van der Waals surface area (Å²) in [4.78, 5) is 21.0. The zero-order chi connectivity index (χ0) is 13.6. The Morgan fingerprint density at radius 2 is 1.94 bits per heavy atom. The van der Waals surface area contributed by atoms with Crippen LogP contribution in [0.3, 0.4) is 0 Å². The van der Waals surface area contributed by atoms with Crippen LogP contribution < -0.4 is 11.1 Å². The van der Waals surface area contributed by atoms with Crippen LogP contribution in [0.5, 0.6) is 0 Å². The number of aliphatic carboxylic acids is 1. The third-order valence-corrected chi connectivity index (χ3v) is 2.17. The highest BCUT2D eigenvalue weighted by atomic mass is 32.1. The molecular weight excluding hydrogens is 261 g/mol. The van der Waals surface area contributed by atoms with Crippen molar-refractivity contribution < 1.29 is 27.9 Å². The molecule has 0 aromatic rings. The van der Waals surface area contributed by atoms with Gasteiger partial charge in [-0.05, 0) is 19.4 Å². The summed E-state index contributed by atoms with van der Waals surface area (Å²) in [5, 5.41) is 9.98. The Morgan fingerprint density at radius 1 is 1.41 bits per heavy atom.